The Labute approximate surface area is 212 Å². The lowest BCUT2D eigenvalue weighted by Crippen LogP contribution is -2.21. The summed E-state index contributed by atoms with van der Waals surface area (Å²) in [6.45, 7) is 12.6. The number of pyridine rings is 1. The average molecular weight is 506 g/mol. The maximum Gasteiger partial charge on any atom is 0.252 e. The van der Waals surface area contributed by atoms with E-state index < -0.39 is 29.1 Å². The molecule has 198 valence electrons. The van der Waals surface area contributed by atoms with Crippen LogP contribution in [-0.4, -0.2) is 16.7 Å². The normalized spacial score (nSPS) is 10.4. The summed E-state index contributed by atoms with van der Waals surface area (Å²) in [5.41, 5.74) is 14.2. The number of hydrogen-bond acceptors (Lipinski definition) is 4. The van der Waals surface area contributed by atoms with E-state index in [1.54, 1.807) is 13.8 Å². The predicted molar refractivity (Wildman–Crippen MR) is 139 cm³/mol. The van der Waals surface area contributed by atoms with Crippen LogP contribution in [0, 0.1) is 38.2 Å². The summed E-state index contributed by atoms with van der Waals surface area (Å²) >= 11 is 0. The maximum atomic E-state index is 13.3. The number of Topliss-reactive ketones (excluding diaryl/α,β-unsaturated/α-hetero) is 1. The van der Waals surface area contributed by atoms with Gasteiger partial charge in [0.05, 0.1) is 11.3 Å². The fourth-order valence-corrected chi connectivity index (χ4v) is 3.15. The highest BCUT2D eigenvalue weighted by molar-refractivity contribution is 6.25. The van der Waals surface area contributed by atoms with E-state index in [0.717, 1.165) is 17.8 Å². The molecule has 8 heteroatoms. The first kappa shape index (κ1) is 32.6. The minimum Gasteiger partial charge on any atom is -0.402 e. The average Bonchev–Trinajstić information content (AvgIpc) is 2.79. The first-order valence-electron chi connectivity index (χ1n) is 11.8. The number of aryl methyl sites for hydroxylation is 3. The summed E-state index contributed by atoms with van der Waals surface area (Å²) in [7, 11) is 0. The van der Waals surface area contributed by atoms with E-state index in [1.165, 1.54) is 63.3 Å². The number of halogens is 3. The molecule has 0 bridgehead atoms. The summed E-state index contributed by atoms with van der Waals surface area (Å²) < 4.78 is 37.8. The molecule has 4 N–H and O–H groups in total. The summed E-state index contributed by atoms with van der Waals surface area (Å²) in [5.74, 6) is -3.05. The van der Waals surface area contributed by atoms with Crippen molar-refractivity contribution in [3.63, 3.8) is 0 Å². The SMILES string of the molecule is C/C=C(/C(N)=O)C(=O)c1cc(F)c(C)nc1C.CCCC(CCC)=C(C)N.Cc1ccc(F)cc1F. The minimum absolute atomic E-state index is 0.0556. The van der Waals surface area contributed by atoms with Crippen molar-refractivity contribution in [3.8, 4) is 0 Å². The third-order valence-corrected chi connectivity index (χ3v) is 5.18. The van der Waals surface area contributed by atoms with Gasteiger partial charge in [-0.2, -0.15) is 0 Å². The molecule has 0 aliphatic heterocycles. The Bertz CT molecular complexity index is 1100. The third kappa shape index (κ3) is 10.9. The van der Waals surface area contributed by atoms with Crippen LogP contribution in [-0.2, 0) is 4.79 Å². The Morgan fingerprint density at radius 1 is 0.917 bits per heavy atom. The number of ketones is 1. The molecule has 0 saturated heterocycles. The molecule has 1 aromatic carbocycles. The molecule has 0 spiro atoms. The predicted octanol–water partition coefficient (Wildman–Crippen LogP) is 6.54. The van der Waals surface area contributed by atoms with Gasteiger partial charge in [-0.25, -0.2) is 13.2 Å². The van der Waals surface area contributed by atoms with Crippen LogP contribution >= 0.6 is 0 Å². The molecule has 0 atom stereocenters. The highest BCUT2D eigenvalue weighted by Crippen LogP contribution is 2.16. The van der Waals surface area contributed by atoms with E-state index in [9.17, 15) is 22.8 Å². The molecule has 0 aliphatic rings. The quantitative estimate of drug-likeness (QED) is 0.193. The Balaban J connectivity index is 0.000000551. The van der Waals surface area contributed by atoms with E-state index >= 15 is 0 Å². The lowest BCUT2D eigenvalue weighted by Gasteiger charge is -2.07. The zero-order valence-electron chi connectivity index (χ0n) is 22.3. The number of carbonyl (C=O) groups excluding carboxylic acids is 2. The van der Waals surface area contributed by atoms with Crippen LogP contribution in [0.1, 0.15) is 80.7 Å². The van der Waals surface area contributed by atoms with Gasteiger partial charge in [0, 0.05) is 23.0 Å². The van der Waals surface area contributed by atoms with Crippen LogP contribution in [0.25, 0.3) is 0 Å². The van der Waals surface area contributed by atoms with Crippen LogP contribution < -0.4 is 11.5 Å². The molecule has 0 saturated carbocycles. The summed E-state index contributed by atoms with van der Waals surface area (Å²) in [6.07, 6.45) is 6.09. The zero-order valence-corrected chi connectivity index (χ0v) is 22.3. The molecule has 0 unspecified atom stereocenters. The van der Waals surface area contributed by atoms with Crippen molar-refractivity contribution >= 4 is 11.7 Å². The van der Waals surface area contributed by atoms with Gasteiger partial charge in [-0.15, -0.1) is 0 Å². The molecular weight excluding hydrogens is 467 g/mol. The summed E-state index contributed by atoms with van der Waals surface area (Å²) in [4.78, 5) is 26.8. The lowest BCUT2D eigenvalue weighted by atomic mass is 10.0. The van der Waals surface area contributed by atoms with Gasteiger partial charge in [-0.3, -0.25) is 14.6 Å². The largest absolute Gasteiger partial charge is 0.402 e. The molecule has 1 heterocycles. The Morgan fingerprint density at radius 3 is 1.86 bits per heavy atom. The number of carbonyl (C=O) groups is 2. The Kier molecular flexibility index (Phi) is 14.7. The molecule has 0 fully saturated rings. The Hall–Kier alpha value is -3.42. The van der Waals surface area contributed by atoms with E-state index in [4.69, 9.17) is 11.5 Å². The number of amides is 1. The van der Waals surface area contributed by atoms with E-state index in [1.807, 2.05) is 6.92 Å². The van der Waals surface area contributed by atoms with Crippen molar-refractivity contribution in [1.82, 2.24) is 4.98 Å². The molecule has 2 rings (SSSR count). The number of hydrogen-bond donors (Lipinski definition) is 2. The zero-order chi connectivity index (χ0) is 28.0. The van der Waals surface area contributed by atoms with E-state index in [2.05, 4.69) is 18.8 Å². The number of primary amides is 1. The molecule has 0 radical (unpaired) electrons. The smallest absolute Gasteiger partial charge is 0.252 e. The monoisotopic (exact) mass is 505 g/mol. The number of allylic oxidation sites excluding steroid dienone is 3. The van der Waals surface area contributed by atoms with Crippen LogP contribution in [0.3, 0.4) is 0 Å². The summed E-state index contributed by atoms with van der Waals surface area (Å²) in [5, 5.41) is 0. The third-order valence-electron chi connectivity index (χ3n) is 5.18. The highest BCUT2D eigenvalue weighted by Gasteiger charge is 2.20. The first-order chi connectivity index (χ1) is 16.8. The van der Waals surface area contributed by atoms with Gasteiger partial charge >= 0.3 is 0 Å². The second kappa shape index (κ2) is 16.3. The van der Waals surface area contributed by atoms with Gasteiger partial charge in [-0.05, 0) is 65.2 Å². The number of rotatable bonds is 7. The topological polar surface area (TPSA) is 99.1 Å². The minimum atomic E-state index is -0.835. The molecular formula is C28H38F3N3O2. The molecule has 1 amide bonds. The van der Waals surface area contributed by atoms with Gasteiger partial charge in [0.1, 0.15) is 17.5 Å². The van der Waals surface area contributed by atoms with Gasteiger partial charge < -0.3 is 11.5 Å². The van der Waals surface area contributed by atoms with E-state index in [-0.39, 0.29) is 16.8 Å². The van der Waals surface area contributed by atoms with Crippen LogP contribution in [0.4, 0.5) is 13.2 Å². The summed E-state index contributed by atoms with van der Waals surface area (Å²) in [6, 6.07) is 4.59. The van der Waals surface area contributed by atoms with Crippen LogP contribution in [0.2, 0.25) is 0 Å². The van der Waals surface area contributed by atoms with Gasteiger partial charge in [0.15, 0.2) is 5.78 Å². The molecule has 2 aromatic rings. The maximum absolute atomic E-state index is 13.3. The fraction of sp³-hybridized carbons (Fsp3) is 0.393. The number of nitrogens with zero attached hydrogens (tertiary/aromatic N) is 1. The lowest BCUT2D eigenvalue weighted by molar-refractivity contribution is -0.114. The molecule has 0 aliphatic carbocycles. The van der Waals surface area contributed by atoms with E-state index in [0.29, 0.717) is 11.3 Å². The van der Waals surface area contributed by atoms with Crippen molar-refractivity contribution in [1.29, 1.82) is 0 Å². The van der Waals surface area contributed by atoms with Crippen LogP contribution in [0.15, 0.2) is 47.2 Å². The van der Waals surface area contributed by atoms with Gasteiger partial charge in [0.25, 0.3) is 5.91 Å². The van der Waals surface area contributed by atoms with Crippen molar-refractivity contribution in [3.05, 3.63) is 87.2 Å². The molecule has 5 nitrogen and oxygen atoms in total. The Morgan fingerprint density at radius 2 is 1.47 bits per heavy atom. The number of nitrogens with two attached hydrogens (primary N) is 2. The van der Waals surface area contributed by atoms with Crippen molar-refractivity contribution in [2.24, 2.45) is 11.5 Å². The first-order valence-corrected chi connectivity index (χ1v) is 11.8. The second-order valence-electron chi connectivity index (χ2n) is 8.26. The van der Waals surface area contributed by atoms with Crippen LogP contribution in [0.5, 0.6) is 0 Å². The van der Waals surface area contributed by atoms with Crippen molar-refractivity contribution in [2.45, 2.75) is 74.1 Å². The van der Waals surface area contributed by atoms with Gasteiger partial charge in [-0.1, -0.05) is 44.4 Å². The fourth-order valence-electron chi connectivity index (χ4n) is 3.15. The van der Waals surface area contributed by atoms with Crippen molar-refractivity contribution < 1.29 is 22.8 Å². The van der Waals surface area contributed by atoms with Gasteiger partial charge in [0.2, 0.25) is 0 Å². The number of benzene rings is 1. The number of aromatic nitrogens is 1. The molecule has 36 heavy (non-hydrogen) atoms. The van der Waals surface area contributed by atoms with Crippen molar-refractivity contribution in [2.75, 3.05) is 0 Å². The molecule has 1 aromatic heterocycles. The highest BCUT2D eigenvalue weighted by atomic mass is 19.1. The standard InChI is InChI=1S/C12H13FN2O2.C9H19N.C7H6F2/c1-4-8(12(14)17)11(16)9-5-10(13)7(3)15-6(9)2;1-4-6-9(7-5-2)8(3)10;1-5-2-3-6(8)4-7(5)9/h4-5H,1-3H3,(H2,14,17);4-7,10H2,1-3H3;2-4H,1H3/b8-4+;;. The second-order valence-corrected chi connectivity index (χ2v) is 8.26.